The van der Waals surface area contributed by atoms with Crippen molar-refractivity contribution in [1.29, 1.82) is 0 Å². The number of carbonyl (C=O) groups is 1. The van der Waals surface area contributed by atoms with Crippen molar-refractivity contribution in [3.05, 3.63) is 76.7 Å². The smallest absolute Gasteiger partial charge is 0.264 e. The first-order valence-corrected chi connectivity index (χ1v) is 11.5. The molecule has 0 atom stereocenters. The fraction of sp³-hybridized carbons (Fsp3) is 0.190. The summed E-state index contributed by atoms with van der Waals surface area (Å²) in [6.07, 6.45) is 0. The third kappa shape index (κ3) is 3.96. The van der Waals surface area contributed by atoms with E-state index in [1.807, 2.05) is 41.8 Å². The molecule has 0 saturated carbocycles. The number of piperazine rings is 1. The van der Waals surface area contributed by atoms with Crippen LogP contribution in [0.3, 0.4) is 0 Å². The molecule has 1 fully saturated rings. The Hall–Kier alpha value is -2.55. The number of sulfonamides is 1. The van der Waals surface area contributed by atoms with E-state index in [1.54, 1.807) is 4.90 Å². The molecule has 0 radical (unpaired) electrons. The molecule has 2 heterocycles. The number of hydrogen-bond acceptors (Lipinski definition) is 4. The maximum absolute atomic E-state index is 13.1. The Morgan fingerprint density at radius 2 is 1.55 bits per heavy atom. The van der Waals surface area contributed by atoms with Gasteiger partial charge in [-0.3, -0.25) is 4.79 Å². The van der Waals surface area contributed by atoms with E-state index >= 15 is 0 Å². The average molecular weight is 431 g/mol. The Bertz CT molecular complexity index is 1100. The average Bonchev–Trinajstić information content (AvgIpc) is 3.24. The minimum atomic E-state index is -3.70. The van der Waals surface area contributed by atoms with Gasteiger partial charge in [0, 0.05) is 31.7 Å². The highest BCUT2D eigenvalue weighted by molar-refractivity contribution is 7.89. The molecule has 0 N–H and O–H groups in total. The van der Waals surface area contributed by atoms with Crippen molar-refractivity contribution in [3.63, 3.8) is 0 Å². The summed E-state index contributed by atoms with van der Waals surface area (Å²) in [5.41, 5.74) is 1.87. The Morgan fingerprint density at radius 3 is 2.21 bits per heavy atom. The van der Waals surface area contributed by atoms with Gasteiger partial charge in [-0.25, -0.2) is 12.8 Å². The lowest BCUT2D eigenvalue weighted by molar-refractivity contribution is 0.0703. The quantitative estimate of drug-likeness (QED) is 0.634. The summed E-state index contributed by atoms with van der Waals surface area (Å²) < 4.78 is 39.9. The van der Waals surface area contributed by atoms with Crippen LogP contribution < -0.4 is 0 Å². The molecule has 4 rings (SSSR count). The SMILES string of the molecule is O=C(c1sccc1-c1ccccc1)N1CCN(S(=O)(=O)c2ccc(F)cc2)CC1. The summed E-state index contributed by atoms with van der Waals surface area (Å²) in [5, 5.41) is 1.89. The van der Waals surface area contributed by atoms with Crippen molar-refractivity contribution in [2.24, 2.45) is 0 Å². The first-order chi connectivity index (χ1) is 14.0. The van der Waals surface area contributed by atoms with Crippen LogP contribution in [0.4, 0.5) is 4.39 Å². The Balaban J connectivity index is 1.47. The summed E-state index contributed by atoms with van der Waals surface area (Å²) in [5.74, 6) is -0.567. The maximum atomic E-state index is 13.1. The minimum Gasteiger partial charge on any atom is -0.335 e. The normalized spacial score (nSPS) is 15.4. The molecule has 1 amide bonds. The molecule has 0 spiro atoms. The molecule has 1 aliphatic heterocycles. The highest BCUT2D eigenvalue weighted by atomic mass is 32.2. The van der Waals surface area contributed by atoms with Crippen LogP contribution in [0.2, 0.25) is 0 Å². The molecule has 5 nitrogen and oxygen atoms in total. The Labute approximate surface area is 173 Å². The van der Waals surface area contributed by atoms with Crippen LogP contribution in [0.1, 0.15) is 9.67 Å². The van der Waals surface area contributed by atoms with Gasteiger partial charge in [-0.2, -0.15) is 4.31 Å². The molecule has 0 bridgehead atoms. The minimum absolute atomic E-state index is 0.0586. The molecule has 0 unspecified atom stereocenters. The van der Waals surface area contributed by atoms with Crippen LogP contribution in [0.5, 0.6) is 0 Å². The molecular formula is C21H19FN2O3S2. The number of thiophene rings is 1. The lowest BCUT2D eigenvalue weighted by atomic mass is 10.1. The summed E-state index contributed by atoms with van der Waals surface area (Å²) >= 11 is 1.39. The second kappa shape index (κ2) is 8.06. The van der Waals surface area contributed by atoms with Crippen LogP contribution in [0, 0.1) is 5.82 Å². The summed E-state index contributed by atoms with van der Waals surface area (Å²) in [6.45, 7) is 1.03. The van der Waals surface area contributed by atoms with Gasteiger partial charge in [0.2, 0.25) is 10.0 Å². The largest absolute Gasteiger partial charge is 0.335 e. The van der Waals surface area contributed by atoms with Crippen LogP contribution in [-0.4, -0.2) is 49.7 Å². The molecular weight excluding hydrogens is 411 g/mol. The third-order valence-electron chi connectivity index (χ3n) is 4.92. The van der Waals surface area contributed by atoms with Gasteiger partial charge < -0.3 is 4.90 Å². The molecule has 1 aromatic heterocycles. The van der Waals surface area contributed by atoms with Crippen molar-refractivity contribution in [2.75, 3.05) is 26.2 Å². The standard InChI is InChI=1S/C21H19FN2O3S2/c22-17-6-8-18(9-7-17)29(26,27)24-13-11-23(12-14-24)21(25)20-19(10-15-28-20)16-4-2-1-3-5-16/h1-10,15H,11-14H2. The summed E-state index contributed by atoms with van der Waals surface area (Å²) in [4.78, 5) is 15.5. The van der Waals surface area contributed by atoms with Crippen LogP contribution in [0.25, 0.3) is 11.1 Å². The zero-order chi connectivity index (χ0) is 20.4. The van der Waals surface area contributed by atoms with Crippen molar-refractivity contribution >= 4 is 27.3 Å². The molecule has 8 heteroatoms. The number of benzene rings is 2. The molecule has 1 aliphatic rings. The van der Waals surface area contributed by atoms with Crippen LogP contribution in [-0.2, 0) is 10.0 Å². The zero-order valence-electron chi connectivity index (χ0n) is 15.5. The summed E-state index contributed by atoms with van der Waals surface area (Å²) in [6, 6.07) is 16.4. The van der Waals surface area contributed by atoms with Gasteiger partial charge in [0.05, 0.1) is 9.77 Å². The fourth-order valence-corrected chi connectivity index (χ4v) is 5.66. The molecule has 1 saturated heterocycles. The predicted octanol–water partition coefficient (Wildman–Crippen LogP) is 3.70. The fourth-order valence-electron chi connectivity index (χ4n) is 3.35. The highest BCUT2D eigenvalue weighted by Crippen LogP contribution is 2.30. The van der Waals surface area contributed by atoms with Gasteiger partial charge in [-0.05, 0) is 41.3 Å². The number of nitrogens with zero attached hydrogens (tertiary/aromatic N) is 2. The van der Waals surface area contributed by atoms with E-state index < -0.39 is 15.8 Å². The van der Waals surface area contributed by atoms with E-state index in [0.717, 1.165) is 23.3 Å². The second-order valence-corrected chi connectivity index (χ2v) is 9.53. The third-order valence-corrected chi connectivity index (χ3v) is 7.74. The number of amides is 1. The lowest BCUT2D eigenvalue weighted by Gasteiger charge is -2.34. The molecule has 150 valence electrons. The van der Waals surface area contributed by atoms with Crippen molar-refractivity contribution in [2.45, 2.75) is 4.90 Å². The van der Waals surface area contributed by atoms with Gasteiger partial charge in [0.1, 0.15) is 5.82 Å². The van der Waals surface area contributed by atoms with Crippen molar-refractivity contribution in [1.82, 2.24) is 9.21 Å². The topological polar surface area (TPSA) is 57.7 Å². The van der Waals surface area contributed by atoms with E-state index in [2.05, 4.69) is 0 Å². The number of halogens is 1. The van der Waals surface area contributed by atoms with Crippen molar-refractivity contribution in [3.8, 4) is 11.1 Å². The molecule has 2 aromatic carbocycles. The van der Waals surface area contributed by atoms with Gasteiger partial charge >= 0.3 is 0 Å². The monoisotopic (exact) mass is 430 g/mol. The Morgan fingerprint density at radius 1 is 0.897 bits per heavy atom. The number of carbonyl (C=O) groups excluding carboxylic acids is 1. The van der Waals surface area contributed by atoms with Gasteiger partial charge in [0.15, 0.2) is 0 Å². The first kappa shape index (κ1) is 19.8. The van der Waals surface area contributed by atoms with E-state index in [-0.39, 0.29) is 23.9 Å². The zero-order valence-corrected chi connectivity index (χ0v) is 17.1. The maximum Gasteiger partial charge on any atom is 0.264 e. The predicted molar refractivity (Wildman–Crippen MR) is 111 cm³/mol. The van der Waals surface area contributed by atoms with Gasteiger partial charge in [0.25, 0.3) is 5.91 Å². The molecule has 3 aromatic rings. The lowest BCUT2D eigenvalue weighted by Crippen LogP contribution is -2.50. The second-order valence-electron chi connectivity index (χ2n) is 6.68. The molecule has 0 aliphatic carbocycles. The van der Waals surface area contributed by atoms with Crippen LogP contribution in [0.15, 0.2) is 70.9 Å². The van der Waals surface area contributed by atoms with Gasteiger partial charge in [-0.15, -0.1) is 11.3 Å². The molecule has 29 heavy (non-hydrogen) atoms. The summed E-state index contributed by atoms with van der Waals surface area (Å²) in [7, 11) is -3.70. The first-order valence-electron chi connectivity index (χ1n) is 9.15. The van der Waals surface area contributed by atoms with E-state index in [4.69, 9.17) is 0 Å². The Kier molecular flexibility index (Phi) is 5.49. The van der Waals surface area contributed by atoms with Crippen molar-refractivity contribution < 1.29 is 17.6 Å². The number of hydrogen-bond donors (Lipinski definition) is 0. The highest BCUT2D eigenvalue weighted by Gasteiger charge is 2.31. The van der Waals surface area contributed by atoms with Crippen LogP contribution >= 0.6 is 11.3 Å². The van der Waals surface area contributed by atoms with Gasteiger partial charge in [-0.1, -0.05) is 30.3 Å². The number of rotatable bonds is 4. The van der Waals surface area contributed by atoms with E-state index in [9.17, 15) is 17.6 Å². The van der Waals surface area contributed by atoms with E-state index in [1.165, 1.54) is 27.8 Å². The van der Waals surface area contributed by atoms with E-state index in [0.29, 0.717) is 18.0 Å².